The minimum absolute atomic E-state index is 0.0717. The van der Waals surface area contributed by atoms with Crippen LogP contribution in [0.5, 0.6) is 0 Å². The lowest BCUT2D eigenvalue weighted by molar-refractivity contribution is -0.134. The first-order chi connectivity index (χ1) is 12.0. The molecule has 1 aromatic carbocycles. The monoisotopic (exact) mass is 348 g/mol. The van der Waals surface area contributed by atoms with Gasteiger partial charge >= 0.3 is 0 Å². The smallest absolute Gasteiger partial charge is 0.225 e. The van der Waals surface area contributed by atoms with Crippen molar-refractivity contribution in [1.29, 1.82) is 0 Å². The summed E-state index contributed by atoms with van der Waals surface area (Å²) in [6.07, 6.45) is 3.80. The quantitative estimate of drug-likeness (QED) is 0.857. The summed E-state index contributed by atoms with van der Waals surface area (Å²) in [5, 5.41) is 13.0. The summed E-state index contributed by atoms with van der Waals surface area (Å²) in [5.74, 6) is -0.343. The summed E-state index contributed by atoms with van der Waals surface area (Å²) in [6, 6.07) is 5.56. The molecule has 2 N–H and O–H groups in total. The average Bonchev–Trinajstić information content (AvgIpc) is 3.26. The fourth-order valence-electron chi connectivity index (χ4n) is 3.80. The van der Waals surface area contributed by atoms with Crippen molar-refractivity contribution < 1.29 is 19.1 Å². The number of nitrogens with zero attached hydrogens (tertiary/aromatic N) is 1. The molecular weight excluding hydrogens is 323 g/mol. The highest BCUT2D eigenvalue weighted by atomic mass is 19.1. The molecule has 0 radical (unpaired) electrons. The molecule has 6 heteroatoms. The molecule has 3 rings (SSSR count). The molecule has 0 bridgehead atoms. The van der Waals surface area contributed by atoms with E-state index >= 15 is 0 Å². The summed E-state index contributed by atoms with van der Waals surface area (Å²) in [6.45, 7) is 1.21. The lowest BCUT2D eigenvalue weighted by atomic mass is 10.1. The Morgan fingerprint density at radius 1 is 1.28 bits per heavy atom. The van der Waals surface area contributed by atoms with Gasteiger partial charge in [-0.25, -0.2) is 4.39 Å². The maximum absolute atomic E-state index is 13.2. The molecule has 2 aliphatic rings. The molecule has 2 unspecified atom stereocenters. The molecule has 25 heavy (non-hydrogen) atoms. The van der Waals surface area contributed by atoms with E-state index in [1.165, 1.54) is 18.2 Å². The highest BCUT2D eigenvalue weighted by Gasteiger charge is 2.32. The van der Waals surface area contributed by atoms with Crippen molar-refractivity contribution in [2.45, 2.75) is 50.7 Å². The van der Waals surface area contributed by atoms with Crippen molar-refractivity contribution in [2.75, 3.05) is 13.1 Å². The van der Waals surface area contributed by atoms with E-state index in [1.54, 1.807) is 6.07 Å². The number of nitrogens with one attached hydrogen (secondary N) is 1. The zero-order valence-corrected chi connectivity index (χ0v) is 14.3. The van der Waals surface area contributed by atoms with Gasteiger partial charge in [-0.15, -0.1) is 0 Å². The van der Waals surface area contributed by atoms with Crippen LogP contribution >= 0.6 is 0 Å². The fraction of sp³-hybridized carbons (Fsp3) is 0.579. The van der Waals surface area contributed by atoms with Crippen LogP contribution in [0.15, 0.2) is 24.3 Å². The van der Waals surface area contributed by atoms with Crippen LogP contribution in [-0.2, 0) is 9.59 Å². The Kier molecular flexibility index (Phi) is 5.68. The lowest BCUT2D eigenvalue weighted by Gasteiger charge is -2.21. The Morgan fingerprint density at radius 2 is 2.04 bits per heavy atom. The number of halogens is 1. The van der Waals surface area contributed by atoms with Gasteiger partial charge in [-0.05, 0) is 37.0 Å². The number of aliphatic hydroxyl groups is 1. The van der Waals surface area contributed by atoms with E-state index in [0.717, 1.165) is 32.1 Å². The molecule has 1 aliphatic heterocycles. The molecule has 1 heterocycles. The van der Waals surface area contributed by atoms with E-state index < -0.39 is 11.9 Å². The Labute approximate surface area is 147 Å². The Morgan fingerprint density at radius 3 is 2.76 bits per heavy atom. The highest BCUT2D eigenvalue weighted by molar-refractivity contribution is 5.80. The second kappa shape index (κ2) is 7.95. The summed E-state index contributed by atoms with van der Waals surface area (Å²) >= 11 is 0. The van der Waals surface area contributed by atoms with Gasteiger partial charge in [0.25, 0.3) is 0 Å². The number of carbonyl (C=O) groups excluding carboxylic acids is 2. The van der Waals surface area contributed by atoms with E-state index in [1.807, 2.05) is 4.90 Å². The number of aliphatic hydroxyl groups excluding tert-OH is 1. The summed E-state index contributed by atoms with van der Waals surface area (Å²) in [4.78, 5) is 26.4. The second-order valence-electron chi connectivity index (χ2n) is 7.09. The normalized spacial score (nSPS) is 22.2. The third-order valence-electron chi connectivity index (χ3n) is 5.18. The number of hydrogen-bond acceptors (Lipinski definition) is 3. The van der Waals surface area contributed by atoms with Crippen molar-refractivity contribution in [3.8, 4) is 0 Å². The van der Waals surface area contributed by atoms with E-state index in [4.69, 9.17) is 0 Å². The summed E-state index contributed by atoms with van der Waals surface area (Å²) in [5.41, 5.74) is 0.389. The van der Waals surface area contributed by atoms with Crippen molar-refractivity contribution in [1.82, 2.24) is 10.2 Å². The topological polar surface area (TPSA) is 69.6 Å². The summed E-state index contributed by atoms with van der Waals surface area (Å²) < 4.78 is 13.2. The molecule has 136 valence electrons. The van der Waals surface area contributed by atoms with Gasteiger partial charge in [0, 0.05) is 25.0 Å². The minimum atomic E-state index is -1.03. The van der Waals surface area contributed by atoms with Gasteiger partial charge in [-0.2, -0.15) is 0 Å². The van der Waals surface area contributed by atoms with Gasteiger partial charge in [0.15, 0.2) is 0 Å². The maximum Gasteiger partial charge on any atom is 0.225 e. The molecule has 1 aliphatic carbocycles. The van der Waals surface area contributed by atoms with Crippen LogP contribution in [0.2, 0.25) is 0 Å². The van der Waals surface area contributed by atoms with Gasteiger partial charge in [-0.3, -0.25) is 9.59 Å². The van der Waals surface area contributed by atoms with Crippen LogP contribution in [0.4, 0.5) is 4.39 Å². The maximum atomic E-state index is 13.2. The molecule has 0 aromatic heterocycles. The predicted octanol–water partition coefficient (Wildman–Crippen LogP) is 2.16. The molecule has 2 fully saturated rings. The van der Waals surface area contributed by atoms with Gasteiger partial charge in [0.1, 0.15) is 5.82 Å². The van der Waals surface area contributed by atoms with Crippen LogP contribution in [0.25, 0.3) is 0 Å². The lowest BCUT2D eigenvalue weighted by Crippen LogP contribution is -2.40. The van der Waals surface area contributed by atoms with Crippen molar-refractivity contribution in [3.05, 3.63) is 35.6 Å². The predicted molar refractivity (Wildman–Crippen MR) is 91.1 cm³/mol. The first-order valence-electron chi connectivity index (χ1n) is 9.04. The van der Waals surface area contributed by atoms with Crippen molar-refractivity contribution in [3.63, 3.8) is 0 Å². The van der Waals surface area contributed by atoms with Gasteiger partial charge in [0.2, 0.25) is 11.8 Å². The van der Waals surface area contributed by atoms with Crippen LogP contribution in [0, 0.1) is 11.7 Å². The standard InChI is InChI=1S/C19H25FN2O3/c20-15-7-3-6-14(10-15)17(23)11-18(24)21-16-8-9-22(12-16)19(25)13-4-1-2-5-13/h3,6-7,10,13,16-17,23H,1-2,4-5,8-9,11-12H2,(H,21,24). The van der Waals surface area contributed by atoms with E-state index in [9.17, 15) is 19.1 Å². The number of benzene rings is 1. The first-order valence-corrected chi connectivity index (χ1v) is 9.04. The molecule has 1 aromatic rings. The number of carbonyl (C=O) groups is 2. The van der Waals surface area contributed by atoms with Gasteiger partial charge < -0.3 is 15.3 Å². The van der Waals surface area contributed by atoms with Crippen LogP contribution < -0.4 is 5.32 Å². The first kappa shape index (κ1) is 17.9. The van der Waals surface area contributed by atoms with Crippen LogP contribution in [-0.4, -0.2) is 41.0 Å². The zero-order chi connectivity index (χ0) is 17.8. The number of likely N-dealkylation sites (tertiary alicyclic amines) is 1. The molecule has 2 amide bonds. The van der Waals surface area contributed by atoms with Crippen LogP contribution in [0.3, 0.4) is 0 Å². The molecule has 5 nitrogen and oxygen atoms in total. The number of hydrogen-bond donors (Lipinski definition) is 2. The van der Waals surface area contributed by atoms with E-state index in [2.05, 4.69) is 5.32 Å². The zero-order valence-electron chi connectivity index (χ0n) is 14.3. The van der Waals surface area contributed by atoms with Gasteiger partial charge in [-0.1, -0.05) is 25.0 Å². The van der Waals surface area contributed by atoms with E-state index in [0.29, 0.717) is 18.7 Å². The van der Waals surface area contributed by atoms with E-state index in [-0.39, 0.29) is 30.2 Å². The number of amides is 2. The Balaban J connectivity index is 1.46. The number of rotatable bonds is 5. The molecule has 0 spiro atoms. The third-order valence-corrected chi connectivity index (χ3v) is 5.18. The Hall–Kier alpha value is -1.95. The van der Waals surface area contributed by atoms with Crippen molar-refractivity contribution in [2.24, 2.45) is 5.92 Å². The SMILES string of the molecule is O=C(CC(O)c1cccc(F)c1)NC1CCN(C(=O)C2CCCC2)C1. The third kappa shape index (κ3) is 4.57. The fourth-order valence-corrected chi connectivity index (χ4v) is 3.80. The largest absolute Gasteiger partial charge is 0.388 e. The Bertz CT molecular complexity index is 631. The average molecular weight is 348 g/mol. The highest BCUT2D eigenvalue weighted by Crippen LogP contribution is 2.28. The molecule has 1 saturated heterocycles. The summed E-state index contributed by atoms with van der Waals surface area (Å²) in [7, 11) is 0. The minimum Gasteiger partial charge on any atom is -0.388 e. The van der Waals surface area contributed by atoms with Crippen LogP contribution in [0.1, 0.15) is 50.2 Å². The second-order valence-corrected chi connectivity index (χ2v) is 7.09. The van der Waals surface area contributed by atoms with Gasteiger partial charge in [0.05, 0.1) is 12.5 Å². The molecule has 1 saturated carbocycles. The molecule has 2 atom stereocenters. The van der Waals surface area contributed by atoms with Crippen molar-refractivity contribution >= 4 is 11.8 Å². The molecular formula is C19H25FN2O3.